The van der Waals surface area contributed by atoms with Crippen LogP contribution in [0.1, 0.15) is 12.5 Å². The number of benzene rings is 9. The Balaban J connectivity index is 0.000000139. The van der Waals surface area contributed by atoms with Gasteiger partial charge in [-0.3, -0.25) is 0 Å². The van der Waals surface area contributed by atoms with Gasteiger partial charge in [-0.2, -0.15) is 0 Å². The Morgan fingerprint density at radius 1 is 0.274 bits per heavy atom. The van der Waals surface area contributed by atoms with Crippen molar-refractivity contribution < 1.29 is 4.39 Å². The molecule has 0 aliphatic carbocycles. The van der Waals surface area contributed by atoms with Crippen molar-refractivity contribution in [3.05, 3.63) is 272 Å². The Hall–Kier alpha value is -8.15. The van der Waals surface area contributed by atoms with Crippen LogP contribution in [0.3, 0.4) is 0 Å². The van der Waals surface area contributed by atoms with Crippen LogP contribution >= 0.6 is 0 Å². The molecule has 0 aliphatic rings. The van der Waals surface area contributed by atoms with Crippen LogP contribution in [-0.2, 0) is 0 Å². The molecule has 306 valence electrons. The molecule has 62 heavy (non-hydrogen) atoms. The van der Waals surface area contributed by atoms with Crippen LogP contribution in [0.25, 0.3) is 17.2 Å². The van der Waals surface area contributed by atoms with E-state index < -0.39 is 0 Å². The minimum Gasteiger partial charge on any atom is -0.356 e. The molecule has 0 heterocycles. The number of halogens is 1. The third-order valence-corrected chi connectivity index (χ3v) is 9.13. The second-order valence-corrected chi connectivity index (χ2v) is 13.9. The lowest BCUT2D eigenvalue weighted by atomic mass is 10.1. The van der Waals surface area contributed by atoms with Gasteiger partial charge in [0.1, 0.15) is 5.82 Å². The predicted octanol–water partition coefficient (Wildman–Crippen LogP) is 16.6. The molecule has 0 radical (unpaired) electrons. The van der Waals surface area contributed by atoms with Crippen molar-refractivity contribution >= 4 is 51.6 Å². The topological polar surface area (TPSA) is 48.1 Å². The summed E-state index contributed by atoms with van der Waals surface area (Å²) in [5, 5.41) is 13.2. The number of para-hydroxylation sites is 5. The summed E-state index contributed by atoms with van der Waals surface area (Å²) in [6, 6.07) is 84.0. The van der Waals surface area contributed by atoms with E-state index in [1.54, 1.807) is 12.1 Å². The summed E-state index contributed by atoms with van der Waals surface area (Å²) < 4.78 is 12.6. The Morgan fingerprint density at radius 3 is 0.823 bits per heavy atom. The van der Waals surface area contributed by atoms with E-state index in [1.165, 1.54) is 28.8 Å². The molecule has 0 atom stereocenters. The lowest BCUT2D eigenvalue weighted by molar-refractivity contribution is 0.628. The number of anilines is 8. The third-order valence-electron chi connectivity index (χ3n) is 9.13. The van der Waals surface area contributed by atoms with Gasteiger partial charge in [0.25, 0.3) is 0 Å². The van der Waals surface area contributed by atoms with E-state index >= 15 is 0 Å². The fraction of sp³-hybridized carbons (Fsp3) is 0.0175. The molecule has 0 saturated heterocycles. The third kappa shape index (κ3) is 15.6. The summed E-state index contributed by atoms with van der Waals surface area (Å²) in [6.07, 6.45) is 4.13. The Bertz CT molecular complexity index is 2530. The molecule has 0 fully saturated rings. The zero-order valence-corrected chi connectivity index (χ0v) is 34.8. The Morgan fingerprint density at radius 2 is 0.516 bits per heavy atom. The van der Waals surface area contributed by atoms with E-state index in [9.17, 15) is 4.39 Å². The summed E-state index contributed by atoms with van der Waals surface area (Å²) in [7, 11) is 0. The number of rotatable bonds is 10. The number of hydrogen-bond acceptors (Lipinski definition) is 4. The molecule has 9 rings (SSSR count). The van der Waals surface area contributed by atoms with Gasteiger partial charge >= 0.3 is 0 Å². The van der Waals surface area contributed by atoms with E-state index in [4.69, 9.17) is 0 Å². The van der Waals surface area contributed by atoms with Crippen LogP contribution in [0.15, 0.2) is 261 Å². The highest BCUT2D eigenvalue weighted by atomic mass is 19.1. The van der Waals surface area contributed by atoms with Crippen molar-refractivity contribution in [1.29, 1.82) is 0 Å². The van der Waals surface area contributed by atoms with Gasteiger partial charge in [0.2, 0.25) is 0 Å². The fourth-order valence-corrected chi connectivity index (χ4v) is 6.05. The van der Waals surface area contributed by atoms with Crippen molar-refractivity contribution in [2.24, 2.45) is 0 Å². The molecule has 0 spiro atoms. The van der Waals surface area contributed by atoms with Gasteiger partial charge < -0.3 is 21.3 Å². The molecule has 0 amide bonds. The highest BCUT2D eigenvalue weighted by molar-refractivity contribution is 5.68. The summed E-state index contributed by atoms with van der Waals surface area (Å²) in [5.41, 5.74) is 12.3. The highest BCUT2D eigenvalue weighted by Crippen LogP contribution is 2.23. The average Bonchev–Trinajstić information content (AvgIpc) is 3.33. The van der Waals surface area contributed by atoms with Crippen molar-refractivity contribution in [2.45, 2.75) is 6.92 Å². The zero-order chi connectivity index (χ0) is 42.9. The second-order valence-electron chi connectivity index (χ2n) is 13.9. The highest BCUT2D eigenvalue weighted by Gasteiger charge is 1.99. The van der Waals surface area contributed by atoms with Crippen LogP contribution in [0.4, 0.5) is 49.9 Å². The summed E-state index contributed by atoms with van der Waals surface area (Å²) in [6.45, 7) is 2.02. The monoisotopic (exact) mass is 810 g/mol. The molecule has 4 N–H and O–H groups in total. The van der Waals surface area contributed by atoms with E-state index in [0.29, 0.717) is 0 Å². The maximum atomic E-state index is 12.6. The first-order chi connectivity index (χ1) is 30.6. The molecule has 4 nitrogen and oxygen atoms in total. The molecule has 0 saturated carbocycles. The van der Waals surface area contributed by atoms with Crippen molar-refractivity contribution in [1.82, 2.24) is 0 Å². The molecule has 9 aromatic rings. The molecule has 9 aromatic carbocycles. The maximum Gasteiger partial charge on any atom is 0.123 e. The quantitative estimate of drug-likeness (QED) is 0.111. The lowest BCUT2D eigenvalue weighted by Crippen LogP contribution is -1.89. The van der Waals surface area contributed by atoms with Crippen molar-refractivity contribution in [3.8, 4) is 11.1 Å². The predicted molar refractivity (Wildman–Crippen MR) is 265 cm³/mol. The number of hydrogen-bond donors (Lipinski definition) is 4. The van der Waals surface area contributed by atoms with Gasteiger partial charge in [0, 0.05) is 45.5 Å². The molecule has 5 heteroatoms. The Labute approximate surface area is 366 Å². The van der Waals surface area contributed by atoms with Crippen LogP contribution in [0.5, 0.6) is 0 Å². The van der Waals surface area contributed by atoms with Gasteiger partial charge in [-0.15, -0.1) is 0 Å². The molecule has 0 aliphatic heterocycles. The minimum atomic E-state index is -0.219. The first-order valence-corrected chi connectivity index (χ1v) is 20.6. The SMILES string of the molecule is C/C=C/c1ccc(Nc2ccccc2)cc1.Fc1ccc(Nc2ccccc2)cc1.c1ccc(Nc2ccc(-c3ccccc3)cc2)cc1.c1ccc(Nc2ccccc2)cc1. The van der Waals surface area contributed by atoms with Crippen LogP contribution < -0.4 is 21.3 Å². The first kappa shape index (κ1) is 43.4. The second kappa shape index (κ2) is 24.7. The fourth-order valence-electron chi connectivity index (χ4n) is 6.05. The largest absolute Gasteiger partial charge is 0.356 e. The molecule has 0 aromatic heterocycles. The van der Waals surface area contributed by atoms with Gasteiger partial charge in [0.15, 0.2) is 0 Å². The minimum absolute atomic E-state index is 0.219. The zero-order valence-electron chi connectivity index (χ0n) is 34.8. The van der Waals surface area contributed by atoms with E-state index in [0.717, 1.165) is 45.5 Å². The Kier molecular flexibility index (Phi) is 17.3. The summed E-state index contributed by atoms with van der Waals surface area (Å²) >= 11 is 0. The number of nitrogens with one attached hydrogen (secondary N) is 4. The first-order valence-electron chi connectivity index (χ1n) is 20.6. The summed E-state index contributed by atoms with van der Waals surface area (Å²) in [5.74, 6) is -0.219. The molecule has 0 bridgehead atoms. The van der Waals surface area contributed by atoms with E-state index in [1.807, 2.05) is 146 Å². The van der Waals surface area contributed by atoms with E-state index in [2.05, 4.69) is 124 Å². The lowest BCUT2D eigenvalue weighted by Gasteiger charge is -2.07. The van der Waals surface area contributed by atoms with E-state index in [-0.39, 0.29) is 5.82 Å². The van der Waals surface area contributed by atoms with Crippen LogP contribution in [-0.4, -0.2) is 0 Å². The van der Waals surface area contributed by atoms with Gasteiger partial charge in [0.05, 0.1) is 0 Å². The molecular weight excluding hydrogens is 760 g/mol. The average molecular weight is 811 g/mol. The normalized spacial score (nSPS) is 10.0. The van der Waals surface area contributed by atoms with Gasteiger partial charge in [-0.05, 0) is 133 Å². The van der Waals surface area contributed by atoms with Crippen molar-refractivity contribution in [2.75, 3.05) is 21.3 Å². The van der Waals surface area contributed by atoms with Crippen molar-refractivity contribution in [3.63, 3.8) is 0 Å². The number of allylic oxidation sites excluding steroid dienone is 1. The van der Waals surface area contributed by atoms with Gasteiger partial charge in [-0.1, -0.05) is 158 Å². The maximum absolute atomic E-state index is 12.6. The van der Waals surface area contributed by atoms with Crippen LogP contribution in [0, 0.1) is 5.82 Å². The summed E-state index contributed by atoms with van der Waals surface area (Å²) in [4.78, 5) is 0. The smallest absolute Gasteiger partial charge is 0.123 e. The molecular formula is C57H51FN4. The van der Waals surface area contributed by atoms with Gasteiger partial charge in [-0.25, -0.2) is 4.39 Å². The standard InChI is InChI=1S/C18H15N.C15H15N.C12H10FN.C12H11N/c1-3-7-15(8-4-1)16-11-13-18(14-12-16)19-17-9-5-2-6-10-17;1-2-6-13-9-11-15(12-10-13)16-14-7-4-3-5-8-14;13-10-6-8-12(9-7-10)14-11-4-2-1-3-5-11;1-3-7-11(8-4-1)13-12-9-5-2-6-10-12/h1-14,19H;2-12,16H,1H3;1-9,14H;1-10,13H/b;6-2+;;. The van der Waals surface area contributed by atoms with Crippen LogP contribution in [0.2, 0.25) is 0 Å². The molecule has 0 unspecified atom stereocenters.